The number of carbonyl (C=O) groups is 2. The van der Waals surface area contributed by atoms with E-state index in [1.54, 1.807) is 31.1 Å². The Morgan fingerprint density at radius 3 is 2.17 bits per heavy atom. The van der Waals surface area contributed by atoms with E-state index < -0.39 is 0 Å². The van der Waals surface area contributed by atoms with Crippen LogP contribution in [-0.2, 0) is 16.8 Å². The maximum atomic E-state index is 12.3. The fourth-order valence-corrected chi connectivity index (χ4v) is 2.92. The minimum absolute atomic E-state index is 0.0760. The zero-order valence-electron chi connectivity index (χ0n) is 18.1. The van der Waals surface area contributed by atoms with Crippen molar-refractivity contribution >= 4 is 11.8 Å². The van der Waals surface area contributed by atoms with Crippen LogP contribution in [0, 0.1) is 0 Å². The first-order chi connectivity index (χ1) is 13.7. The predicted octanol–water partition coefficient (Wildman–Crippen LogP) is 4.16. The zero-order chi connectivity index (χ0) is 21.4. The zero-order valence-corrected chi connectivity index (χ0v) is 18.1. The largest absolute Gasteiger partial charge is 0.494 e. The maximum absolute atomic E-state index is 12.3. The highest BCUT2D eigenvalue weighted by molar-refractivity contribution is 5.93. The topological polar surface area (TPSA) is 58.6 Å². The molecule has 0 saturated carbocycles. The third-order valence-corrected chi connectivity index (χ3v) is 4.81. The van der Waals surface area contributed by atoms with Gasteiger partial charge in [-0.1, -0.05) is 45.0 Å². The van der Waals surface area contributed by atoms with E-state index in [1.807, 2.05) is 24.3 Å². The molecule has 0 atom stereocenters. The first-order valence-electron chi connectivity index (χ1n) is 9.99. The molecule has 2 rings (SSSR count). The van der Waals surface area contributed by atoms with Gasteiger partial charge in [0, 0.05) is 32.6 Å². The van der Waals surface area contributed by atoms with E-state index >= 15 is 0 Å². The van der Waals surface area contributed by atoms with Crippen LogP contribution in [0.5, 0.6) is 5.75 Å². The van der Waals surface area contributed by atoms with Crippen LogP contribution in [0.3, 0.4) is 0 Å². The third kappa shape index (κ3) is 6.93. The van der Waals surface area contributed by atoms with Gasteiger partial charge in [0.05, 0.1) is 6.61 Å². The molecule has 1 N–H and O–H groups in total. The molecule has 0 aliphatic rings. The first kappa shape index (κ1) is 22.5. The van der Waals surface area contributed by atoms with E-state index in [1.165, 1.54) is 5.56 Å². The molecule has 156 valence electrons. The monoisotopic (exact) mass is 396 g/mol. The highest BCUT2D eigenvalue weighted by atomic mass is 16.5. The van der Waals surface area contributed by atoms with Crippen molar-refractivity contribution in [2.24, 2.45) is 0 Å². The summed E-state index contributed by atoms with van der Waals surface area (Å²) in [6.45, 7) is 7.57. The summed E-state index contributed by atoms with van der Waals surface area (Å²) in [6, 6.07) is 15.4. The SMILES string of the molecule is CNC(=O)c1ccc(CN(C)C(=O)CCCOc2ccc(C(C)(C)C)cc2)cc1. The Kier molecular flexibility index (Phi) is 7.82. The smallest absolute Gasteiger partial charge is 0.251 e. The highest BCUT2D eigenvalue weighted by Crippen LogP contribution is 2.24. The van der Waals surface area contributed by atoms with Crippen LogP contribution in [0.25, 0.3) is 0 Å². The van der Waals surface area contributed by atoms with Crippen LogP contribution in [0.1, 0.15) is 55.1 Å². The number of carbonyl (C=O) groups excluding carboxylic acids is 2. The molecule has 5 heteroatoms. The molecule has 5 nitrogen and oxygen atoms in total. The fraction of sp³-hybridized carbons (Fsp3) is 0.417. The maximum Gasteiger partial charge on any atom is 0.251 e. The van der Waals surface area contributed by atoms with Gasteiger partial charge in [-0.2, -0.15) is 0 Å². The second-order valence-corrected chi connectivity index (χ2v) is 8.25. The lowest BCUT2D eigenvalue weighted by Crippen LogP contribution is -2.26. The van der Waals surface area contributed by atoms with Gasteiger partial charge < -0.3 is 15.0 Å². The van der Waals surface area contributed by atoms with Crippen molar-refractivity contribution in [3.63, 3.8) is 0 Å². The second-order valence-electron chi connectivity index (χ2n) is 8.25. The van der Waals surface area contributed by atoms with Gasteiger partial charge in [0.1, 0.15) is 5.75 Å². The van der Waals surface area contributed by atoms with Crippen LogP contribution < -0.4 is 10.1 Å². The fourth-order valence-electron chi connectivity index (χ4n) is 2.92. The molecular weight excluding hydrogens is 364 g/mol. The van der Waals surface area contributed by atoms with Gasteiger partial charge in [0.15, 0.2) is 0 Å². The van der Waals surface area contributed by atoms with Crippen LogP contribution in [0.15, 0.2) is 48.5 Å². The first-order valence-corrected chi connectivity index (χ1v) is 9.99. The van der Waals surface area contributed by atoms with Crippen molar-refractivity contribution in [1.29, 1.82) is 0 Å². The van der Waals surface area contributed by atoms with Crippen molar-refractivity contribution in [3.05, 3.63) is 65.2 Å². The number of hydrogen-bond donors (Lipinski definition) is 1. The number of nitrogens with zero attached hydrogens (tertiary/aromatic N) is 1. The molecule has 0 heterocycles. The Morgan fingerprint density at radius 1 is 1.00 bits per heavy atom. The molecule has 0 radical (unpaired) electrons. The molecule has 2 amide bonds. The molecule has 0 aromatic heterocycles. The van der Waals surface area contributed by atoms with E-state index in [-0.39, 0.29) is 17.2 Å². The Hall–Kier alpha value is -2.82. The number of amides is 2. The normalized spacial score (nSPS) is 11.1. The standard InChI is InChI=1S/C24H32N2O3/c1-24(2,3)20-12-14-21(15-13-20)29-16-6-7-22(27)26(5)17-18-8-10-19(11-9-18)23(28)25-4/h8-15H,6-7,16-17H2,1-5H3,(H,25,28). The lowest BCUT2D eigenvalue weighted by atomic mass is 9.87. The number of hydrogen-bond acceptors (Lipinski definition) is 3. The summed E-state index contributed by atoms with van der Waals surface area (Å²) in [7, 11) is 3.40. The number of nitrogens with one attached hydrogen (secondary N) is 1. The van der Waals surface area contributed by atoms with Crippen molar-refractivity contribution in [2.45, 2.75) is 45.6 Å². The summed E-state index contributed by atoms with van der Waals surface area (Å²) in [5, 5.41) is 2.59. The van der Waals surface area contributed by atoms with Gasteiger partial charge >= 0.3 is 0 Å². The molecule has 0 fully saturated rings. The molecule has 0 bridgehead atoms. The van der Waals surface area contributed by atoms with Crippen LogP contribution >= 0.6 is 0 Å². The summed E-state index contributed by atoms with van der Waals surface area (Å²) >= 11 is 0. The average molecular weight is 397 g/mol. The van der Waals surface area contributed by atoms with Gasteiger partial charge in [0.2, 0.25) is 5.91 Å². The lowest BCUT2D eigenvalue weighted by molar-refractivity contribution is -0.130. The molecule has 0 unspecified atom stereocenters. The van der Waals surface area contributed by atoms with Crippen LogP contribution in [0.2, 0.25) is 0 Å². The van der Waals surface area contributed by atoms with E-state index in [0.29, 0.717) is 31.6 Å². The molecular formula is C24H32N2O3. The number of rotatable bonds is 8. The van der Waals surface area contributed by atoms with Crippen LogP contribution in [0.4, 0.5) is 0 Å². The predicted molar refractivity (Wildman–Crippen MR) is 116 cm³/mol. The van der Waals surface area contributed by atoms with Gasteiger partial charge in [-0.25, -0.2) is 0 Å². The minimum Gasteiger partial charge on any atom is -0.494 e. The summed E-state index contributed by atoms with van der Waals surface area (Å²) in [5.41, 5.74) is 2.99. The molecule has 2 aromatic rings. The number of ether oxygens (including phenoxy) is 1. The quantitative estimate of drug-likeness (QED) is 0.682. The van der Waals surface area contributed by atoms with Crippen LogP contribution in [-0.4, -0.2) is 37.4 Å². The van der Waals surface area contributed by atoms with Gasteiger partial charge in [-0.3, -0.25) is 9.59 Å². The summed E-state index contributed by atoms with van der Waals surface area (Å²) in [4.78, 5) is 25.6. The lowest BCUT2D eigenvalue weighted by Gasteiger charge is -2.19. The van der Waals surface area contributed by atoms with Gasteiger partial charge in [-0.05, 0) is 47.2 Å². The van der Waals surface area contributed by atoms with Crippen molar-refractivity contribution in [2.75, 3.05) is 20.7 Å². The summed E-state index contributed by atoms with van der Waals surface area (Å²) in [5.74, 6) is 0.788. The van der Waals surface area contributed by atoms with Crippen molar-refractivity contribution < 1.29 is 14.3 Å². The van der Waals surface area contributed by atoms with E-state index in [9.17, 15) is 9.59 Å². The molecule has 0 saturated heterocycles. The summed E-state index contributed by atoms with van der Waals surface area (Å²) < 4.78 is 5.76. The molecule has 0 aliphatic heterocycles. The van der Waals surface area contributed by atoms with Crippen molar-refractivity contribution in [1.82, 2.24) is 10.2 Å². The second kappa shape index (κ2) is 10.1. The highest BCUT2D eigenvalue weighted by Gasteiger charge is 2.13. The molecule has 29 heavy (non-hydrogen) atoms. The van der Waals surface area contributed by atoms with Gasteiger partial charge in [-0.15, -0.1) is 0 Å². The minimum atomic E-state index is -0.117. The molecule has 0 spiro atoms. The summed E-state index contributed by atoms with van der Waals surface area (Å²) in [6.07, 6.45) is 1.10. The Balaban J connectivity index is 1.74. The average Bonchev–Trinajstić information content (AvgIpc) is 2.70. The molecule has 0 aliphatic carbocycles. The Morgan fingerprint density at radius 2 is 1.62 bits per heavy atom. The van der Waals surface area contributed by atoms with Gasteiger partial charge in [0.25, 0.3) is 5.91 Å². The van der Waals surface area contributed by atoms with E-state index in [2.05, 4.69) is 38.2 Å². The Labute approximate surface area is 174 Å². The van der Waals surface area contributed by atoms with E-state index in [4.69, 9.17) is 4.74 Å². The number of benzene rings is 2. The van der Waals surface area contributed by atoms with Crippen molar-refractivity contribution in [3.8, 4) is 5.75 Å². The molecule has 2 aromatic carbocycles. The third-order valence-electron chi connectivity index (χ3n) is 4.81. The van der Waals surface area contributed by atoms with E-state index in [0.717, 1.165) is 11.3 Å². The Bertz CT molecular complexity index is 806.